The summed E-state index contributed by atoms with van der Waals surface area (Å²) < 4.78 is 5.75. The predicted molar refractivity (Wildman–Crippen MR) is 104 cm³/mol. The van der Waals surface area contributed by atoms with E-state index in [1.807, 2.05) is 45.0 Å². The van der Waals surface area contributed by atoms with Gasteiger partial charge >= 0.3 is 0 Å². The van der Waals surface area contributed by atoms with Gasteiger partial charge in [0, 0.05) is 6.04 Å². The number of benzene rings is 2. The number of ether oxygens (including phenoxy) is 1. The molecule has 0 saturated carbocycles. The molecule has 5 nitrogen and oxygen atoms in total. The van der Waals surface area contributed by atoms with Crippen LogP contribution in [0.2, 0.25) is 0 Å². The second-order valence-electron chi connectivity index (χ2n) is 6.34. The van der Waals surface area contributed by atoms with E-state index in [9.17, 15) is 9.59 Å². The predicted octanol–water partition coefficient (Wildman–Crippen LogP) is 3.93. The van der Waals surface area contributed by atoms with Gasteiger partial charge < -0.3 is 15.4 Å². The summed E-state index contributed by atoms with van der Waals surface area (Å²) in [6.45, 7) is 7.55. The van der Waals surface area contributed by atoms with Gasteiger partial charge in [0.15, 0.2) is 6.10 Å². The van der Waals surface area contributed by atoms with Crippen molar-refractivity contribution in [2.45, 2.75) is 46.3 Å². The molecular weight excluding hydrogens is 328 g/mol. The Balaban J connectivity index is 2.09. The third kappa shape index (κ3) is 5.09. The molecule has 2 aromatic carbocycles. The molecule has 0 radical (unpaired) electrons. The van der Waals surface area contributed by atoms with Crippen LogP contribution in [0.25, 0.3) is 0 Å². The Hall–Kier alpha value is -2.82. The van der Waals surface area contributed by atoms with Crippen LogP contribution in [-0.2, 0) is 4.79 Å². The first-order valence-electron chi connectivity index (χ1n) is 8.85. The zero-order valence-electron chi connectivity index (χ0n) is 15.7. The van der Waals surface area contributed by atoms with E-state index in [0.717, 1.165) is 12.0 Å². The van der Waals surface area contributed by atoms with Crippen molar-refractivity contribution in [2.24, 2.45) is 0 Å². The second kappa shape index (κ2) is 9.04. The summed E-state index contributed by atoms with van der Waals surface area (Å²) in [6, 6.07) is 14.6. The number of aryl methyl sites for hydroxylation is 1. The molecule has 138 valence electrons. The van der Waals surface area contributed by atoms with Crippen molar-refractivity contribution in [3.05, 3.63) is 59.7 Å². The minimum absolute atomic E-state index is 0.0644. The summed E-state index contributed by atoms with van der Waals surface area (Å²) in [4.78, 5) is 24.9. The van der Waals surface area contributed by atoms with E-state index in [1.54, 1.807) is 31.2 Å². The standard InChI is InChI=1S/C21H26N2O3/c1-5-15(3)22-21(25)17-11-7-8-12-18(17)23-20(24)16(4)26-19-13-9-6-10-14(19)2/h6-13,15-16H,5H2,1-4H3,(H,22,25)(H,23,24)/t15-,16+/m0/s1. The Morgan fingerprint density at radius 3 is 2.38 bits per heavy atom. The van der Waals surface area contributed by atoms with E-state index in [1.165, 1.54) is 0 Å². The quantitative estimate of drug-likeness (QED) is 0.792. The average Bonchev–Trinajstić information content (AvgIpc) is 2.63. The number of nitrogens with one attached hydrogen (secondary N) is 2. The lowest BCUT2D eigenvalue weighted by atomic mass is 10.1. The third-order valence-electron chi connectivity index (χ3n) is 4.19. The van der Waals surface area contributed by atoms with E-state index in [0.29, 0.717) is 17.0 Å². The molecule has 5 heteroatoms. The largest absolute Gasteiger partial charge is 0.481 e. The molecule has 0 fully saturated rings. The molecule has 0 saturated heterocycles. The zero-order chi connectivity index (χ0) is 19.1. The van der Waals surface area contributed by atoms with Crippen LogP contribution in [0.15, 0.2) is 48.5 Å². The highest BCUT2D eigenvalue weighted by atomic mass is 16.5. The number of anilines is 1. The van der Waals surface area contributed by atoms with Gasteiger partial charge in [-0.25, -0.2) is 0 Å². The van der Waals surface area contributed by atoms with Gasteiger partial charge in [0.1, 0.15) is 5.75 Å². The van der Waals surface area contributed by atoms with Gasteiger partial charge in [-0.15, -0.1) is 0 Å². The van der Waals surface area contributed by atoms with Gasteiger partial charge in [-0.2, -0.15) is 0 Å². The van der Waals surface area contributed by atoms with Gasteiger partial charge in [-0.05, 0) is 51.0 Å². The van der Waals surface area contributed by atoms with Crippen LogP contribution in [0.1, 0.15) is 43.1 Å². The maximum absolute atomic E-state index is 12.5. The van der Waals surface area contributed by atoms with Gasteiger partial charge in [-0.3, -0.25) is 9.59 Å². The SMILES string of the molecule is CC[C@H](C)NC(=O)c1ccccc1NC(=O)[C@@H](C)Oc1ccccc1C. The minimum Gasteiger partial charge on any atom is -0.481 e. The Morgan fingerprint density at radius 1 is 1.04 bits per heavy atom. The molecule has 2 N–H and O–H groups in total. The Labute approximate surface area is 154 Å². The van der Waals surface area contributed by atoms with Crippen molar-refractivity contribution in [2.75, 3.05) is 5.32 Å². The normalized spacial score (nSPS) is 12.8. The topological polar surface area (TPSA) is 67.4 Å². The zero-order valence-corrected chi connectivity index (χ0v) is 15.7. The molecule has 0 aliphatic heterocycles. The lowest BCUT2D eigenvalue weighted by Crippen LogP contribution is -2.34. The van der Waals surface area contributed by atoms with Crippen molar-refractivity contribution in [1.29, 1.82) is 0 Å². The second-order valence-corrected chi connectivity index (χ2v) is 6.34. The fourth-order valence-electron chi connectivity index (χ4n) is 2.36. The molecule has 0 unspecified atom stereocenters. The first-order valence-corrected chi connectivity index (χ1v) is 8.85. The molecular formula is C21H26N2O3. The number of amides is 2. The number of carbonyl (C=O) groups is 2. The molecule has 0 aliphatic carbocycles. The summed E-state index contributed by atoms with van der Waals surface area (Å²) in [5, 5.41) is 5.71. The third-order valence-corrected chi connectivity index (χ3v) is 4.19. The van der Waals surface area contributed by atoms with Crippen LogP contribution >= 0.6 is 0 Å². The molecule has 26 heavy (non-hydrogen) atoms. The summed E-state index contributed by atoms with van der Waals surface area (Å²) in [5.41, 5.74) is 1.86. The van der Waals surface area contributed by atoms with Crippen LogP contribution < -0.4 is 15.4 Å². The number of hydrogen-bond donors (Lipinski definition) is 2. The smallest absolute Gasteiger partial charge is 0.265 e. The van der Waals surface area contributed by atoms with Crippen molar-refractivity contribution in [3.63, 3.8) is 0 Å². The highest BCUT2D eigenvalue weighted by Crippen LogP contribution is 2.20. The molecule has 0 bridgehead atoms. The van der Waals surface area contributed by atoms with Crippen LogP contribution in [0.5, 0.6) is 5.75 Å². The Morgan fingerprint density at radius 2 is 1.69 bits per heavy atom. The van der Waals surface area contributed by atoms with E-state index in [2.05, 4.69) is 10.6 Å². The monoisotopic (exact) mass is 354 g/mol. The molecule has 0 spiro atoms. The molecule has 2 atom stereocenters. The molecule has 0 aromatic heterocycles. The fraction of sp³-hybridized carbons (Fsp3) is 0.333. The van der Waals surface area contributed by atoms with Crippen molar-refractivity contribution >= 4 is 17.5 Å². The molecule has 2 aromatic rings. The van der Waals surface area contributed by atoms with Gasteiger partial charge in [0.2, 0.25) is 0 Å². The van der Waals surface area contributed by atoms with Gasteiger partial charge in [-0.1, -0.05) is 37.3 Å². The fourth-order valence-corrected chi connectivity index (χ4v) is 2.36. The van der Waals surface area contributed by atoms with Gasteiger partial charge in [0.25, 0.3) is 11.8 Å². The highest BCUT2D eigenvalue weighted by Gasteiger charge is 2.19. The first-order chi connectivity index (χ1) is 12.4. The molecule has 0 aliphatic rings. The number of rotatable bonds is 7. The van der Waals surface area contributed by atoms with Crippen LogP contribution in [0.4, 0.5) is 5.69 Å². The van der Waals surface area contributed by atoms with Crippen LogP contribution in [0.3, 0.4) is 0 Å². The van der Waals surface area contributed by atoms with Crippen molar-refractivity contribution in [1.82, 2.24) is 5.32 Å². The summed E-state index contributed by atoms with van der Waals surface area (Å²) >= 11 is 0. The maximum atomic E-state index is 12.5. The average molecular weight is 354 g/mol. The molecule has 0 heterocycles. The summed E-state index contributed by atoms with van der Waals surface area (Å²) in [7, 11) is 0. The highest BCUT2D eigenvalue weighted by molar-refractivity contribution is 6.04. The van der Waals surface area contributed by atoms with E-state index >= 15 is 0 Å². The maximum Gasteiger partial charge on any atom is 0.265 e. The van der Waals surface area contributed by atoms with Gasteiger partial charge in [0.05, 0.1) is 11.3 Å². The summed E-state index contributed by atoms with van der Waals surface area (Å²) in [6.07, 6.45) is 0.142. The number of carbonyl (C=O) groups excluding carboxylic acids is 2. The molecule has 2 amide bonds. The Bertz CT molecular complexity index is 773. The number of hydrogen-bond acceptors (Lipinski definition) is 3. The van der Waals surface area contributed by atoms with E-state index in [4.69, 9.17) is 4.74 Å². The van der Waals surface area contributed by atoms with E-state index in [-0.39, 0.29) is 17.9 Å². The lowest BCUT2D eigenvalue weighted by Gasteiger charge is -2.18. The Kier molecular flexibility index (Phi) is 6.78. The summed E-state index contributed by atoms with van der Waals surface area (Å²) in [5.74, 6) is 0.151. The van der Waals surface area contributed by atoms with Crippen LogP contribution in [-0.4, -0.2) is 24.0 Å². The van der Waals surface area contributed by atoms with Crippen LogP contribution in [0, 0.1) is 6.92 Å². The lowest BCUT2D eigenvalue weighted by molar-refractivity contribution is -0.122. The number of para-hydroxylation sites is 2. The first kappa shape index (κ1) is 19.5. The van der Waals surface area contributed by atoms with Crippen molar-refractivity contribution in [3.8, 4) is 5.75 Å². The van der Waals surface area contributed by atoms with E-state index < -0.39 is 6.10 Å². The minimum atomic E-state index is -0.693. The molecule has 2 rings (SSSR count). The van der Waals surface area contributed by atoms with Crippen molar-refractivity contribution < 1.29 is 14.3 Å².